The molecule has 22 heavy (non-hydrogen) atoms. The average Bonchev–Trinajstić information content (AvgIpc) is 2.43. The molecule has 0 bridgehead atoms. The van der Waals surface area contributed by atoms with Crippen LogP contribution in [0.1, 0.15) is 30.6 Å². The molecule has 1 rings (SSSR count). The highest BCUT2D eigenvalue weighted by molar-refractivity contribution is 9.10. The molecule has 9 heteroatoms. The van der Waals surface area contributed by atoms with Gasteiger partial charge in [-0.2, -0.15) is 4.72 Å². The van der Waals surface area contributed by atoms with E-state index in [1.807, 2.05) is 0 Å². The van der Waals surface area contributed by atoms with Crippen molar-refractivity contribution in [2.75, 3.05) is 0 Å². The molecular weight excluding hydrogens is 376 g/mol. The van der Waals surface area contributed by atoms with Gasteiger partial charge in [0.05, 0.1) is 4.90 Å². The van der Waals surface area contributed by atoms with Crippen LogP contribution in [0.3, 0.4) is 0 Å². The molecule has 0 aliphatic rings. The summed E-state index contributed by atoms with van der Waals surface area (Å²) in [6.45, 7) is 3.40. The summed E-state index contributed by atoms with van der Waals surface area (Å²) in [6.07, 6.45) is 0.491. The van der Waals surface area contributed by atoms with E-state index in [1.54, 1.807) is 13.8 Å². The first-order chi connectivity index (χ1) is 10.1. The van der Waals surface area contributed by atoms with Crippen LogP contribution in [-0.4, -0.2) is 31.4 Å². The number of carboxylic acids is 1. The molecule has 0 unspecified atom stereocenters. The van der Waals surface area contributed by atoms with Gasteiger partial charge < -0.3 is 10.8 Å². The molecule has 0 saturated carbocycles. The third-order valence-corrected chi connectivity index (χ3v) is 5.11. The third kappa shape index (κ3) is 4.52. The maximum absolute atomic E-state index is 12.3. The van der Waals surface area contributed by atoms with E-state index in [0.29, 0.717) is 10.9 Å². The molecule has 0 saturated heterocycles. The molecule has 0 heterocycles. The van der Waals surface area contributed by atoms with Crippen LogP contribution in [0.15, 0.2) is 27.6 Å². The lowest BCUT2D eigenvalue weighted by molar-refractivity contribution is -0.140. The van der Waals surface area contributed by atoms with Crippen molar-refractivity contribution in [3.63, 3.8) is 0 Å². The molecular formula is C13H17BrN2O5S. The van der Waals surface area contributed by atoms with E-state index in [-0.39, 0.29) is 10.5 Å². The second-order valence-electron chi connectivity index (χ2n) is 4.86. The van der Waals surface area contributed by atoms with Gasteiger partial charge in [0, 0.05) is 10.0 Å². The number of carbonyl (C=O) groups is 2. The Morgan fingerprint density at radius 3 is 2.41 bits per heavy atom. The van der Waals surface area contributed by atoms with Gasteiger partial charge in [-0.1, -0.05) is 36.2 Å². The molecule has 122 valence electrons. The van der Waals surface area contributed by atoms with Crippen molar-refractivity contribution in [1.82, 2.24) is 4.72 Å². The van der Waals surface area contributed by atoms with Gasteiger partial charge in [-0.3, -0.25) is 9.59 Å². The number of rotatable bonds is 7. The molecule has 0 fully saturated rings. The Bertz CT molecular complexity index is 690. The molecule has 0 spiro atoms. The minimum atomic E-state index is -4.11. The minimum absolute atomic E-state index is 0.00478. The molecule has 0 radical (unpaired) electrons. The Hall–Kier alpha value is -1.45. The highest BCUT2D eigenvalue weighted by Gasteiger charge is 2.29. The first kappa shape index (κ1) is 18.6. The summed E-state index contributed by atoms with van der Waals surface area (Å²) in [4.78, 5) is 22.2. The van der Waals surface area contributed by atoms with Crippen molar-refractivity contribution in [3.05, 3.63) is 28.2 Å². The molecule has 4 N–H and O–H groups in total. The van der Waals surface area contributed by atoms with Crippen molar-refractivity contribution >= 4 is 37.8 Å². The quantitative estimate of drug-likeness (QED) is 0.644. The number of carbonyl (C=O) groups excluding carboxylic acids is 1. The smallest absolute Gasteiger partial charge is 0.322 e. The normalized spacial score (nSPS) is 14.3. The summed E-state index contributed by atoms with van der Waals surface area (Å²) in [7, 11) is -4.11. The van der Waals surface area contributed by atoms with Crippen molar-refractivity contribution in [2.24, 2.45) is 11.7 Å². The lowest BCUT2D eigenvalue weighted by atomic mass is 10.0. The number of nitrogens with one attached hydrogen (secondary N) is 1. The third-order valence-electron chi connectivity index (χ3n) is 3.23. The average molecular weight is 393 g/mol. The van der Waals surface area contributed by atoms with E-state index >= 15 is 0 Å². The van der Waals surface area contributed by atoms with Gasteiger partial charge in [-0.15, -0.1) is 0 Å². The van der Waals surface area contributed by atoms with Gasteiger partial charge in [-0.05, 0) is 24.1 Å². The summed E-state index contributed by atoms with van der Waals surface area (Å²) in [5, 5.41) is 9.17. The highest BCUT2D eigenvalue weighted by Crippen LogP contribution is 2.21. The number of amides is 1. The van der Waals surface area contributed by atoms with E-state index in [4.69, 9.17) is 5.73 Å². The van der Waals surface area contributed by atoms with Crippen molar-refractivity contribution in [2.45, 2.75) is 31.2 Å². The number of nitrogens with two attached hydrogens (primary N) is 1. The number of hydrogen-bond donors (Lipinski definition) is 3. The van der Waals surface area contributed by atoms with Crippen molar-refractivity contribution < 1.29 is 23.1 Å². The Kier molecular flexibility index (Phi) is 6.09. The number of hydrogen-bond acceptors (Lipinski definition) is 4. The molecule has 1 aromatic carbocycles. The highest BCUT2D eigenvalue weighted by atomic mass is 79.9. The summed E-state index contributed by atoms with van der Waals surface area (Å²) < 4.78 is 27.2. The molecule has 7 nitrogen and oxygen atoms in total. The Morgan fingerprint density at radius 2 is 1.95 bits per heavy atom. The zero-order valence-corrected chi connectivity index (χ0v) is 14.4. The maximum atomic E-state index is 12.3. The first-order valence-electron chi connectivity index (χ1n) is 6.44. The van der Waals surface area contributed by atoms with E-state index in [9.17, 15) is 23.1 Å². The molecule has 1 aromatic rings. The zero-order chi connectivity index (χ0) is 17.1. The number of benzene rings is 1. The summed E-state index contributed by atoms with van der Waals surface area (Å²) in [5.74, 6) is -2.44. The summed E-state index contributed by atoms with van der Waals surface area (Å²) >= 11 is 3.10. The van der Waals surface area contributed by atoms with Gasteiger partial charge in [0.25, 0.3) is 0 Å². The van der Waals surface area contributed by atoms with E-state index < -0.39 is 33.9 Å². The van der Waals surface area contributed by atoms with Crippen LogP contribution in [0.5, 0.6) is 0 Å². The van der Waals surface area contributed by atoms with Crippen LogP contribution in [0.25, 0.3) is 0 Å². The number of carboxylic acid groups (broad SMARTS) is 1. The SMILES string of the molecule is CC[C@H](C)[C@H](NS(=O)(=O)c1cc(Br)cc(C(N)=O)c1)C(=O)O. The van der Waals surface area contributed by atoms with Crippen LogP contribution in [0, 0.1) is 5.92 Å². The van der Waals surface area contributed by atoms with E-state index in [0.717, 1.165) is 6.07 Å². The fourth-order valence-electron chi connectivity index (χ4n) is 1.74. The van der Waals surface area contributed by atoms with Gasteiger partial charge in [0.2, 0.25) is 15.9 Å². The van der Waals surface area contributed by atoms with Gasteiger partial charge in [0.1, 0.15) is 6.04 Å². The molecule has 2 atom stereocenters. The topological polar surface area (TPSA) is 127 Å². The zero-order valence-electron chi connectivity index (χ0n) is 12.0. The molecule has 1 amide bonds. The van der Waals surface area contributed by atoms with Crippen molar-refractivity contribution in [3.8, 4) is 0 Å². The number of halogens is 1. The van der Waals surface area contributed by atoms with Crippen LogP contribution in [-0.2, 0) is 14.8 Å². The van der Waals surface area contributed by atoms with Crippen molar-refractivity contribution in [1.29, 1.82) is 0 Å². The fraction of sp³-hybridized carbons (Fsp3) is 0.385. The minimum Gasteiger partial charge on any atom is -0.480 e. The molecule has 0 aliphatic heterocycles. The summed E-state index contributed by atoms with van der Waals surface area (Å²) in [6, 6.07) is 2.49. The van der Waals surface area contributed by atoms with Crippen LogP contribution < -0.4 is 10.5 Å². The van der Waals surface area contributed by atoms with E-state index in [1.165, 1.54) is 12.1 Å². The Labute approximate surface area is 137 Å². The number of primary amides is 1. The maximum Gasteiger partial charge on any atom is 0.322 e. The number of sulfonamides is 1. The van der Waals surface area contributed by atoms with Crippen LogP contribution in [0.4, 0.5) is 0 Å². The fourth-order valence-corrected chi connectivity index (χ4v) is 3.75. The van der Waals surface area contributed by atoms with Gasteiger partial charge in [0.15, 0.2) is 0 Å². The Balaban J connectivity index is 3.24. The predicted octanol–water partition coefficient (Wildman–Crippen LogP) is 1.33. The van der Waals surface area contributed by atoms with Crippen LogP contribution >= 0.6 is 15.9 Å². The standard InChI is InChI=1S/C13H17BrN2O5S/c1-3-7(2)11(13(18)19)16-22(20,21)10-5-8(12(15)17)4-9(14)6-10/h4-7,11,16H,3H2,1-2H3,(H2,15,17)(H,18,19)/t7-,11-/m0/s1. The first-order valence-corrected chi connectivity index (χ1v) is 8.71. The van der Waals surface area contributed by atoms with E-state index in [2.05, 4.69) is 20.7 Å². The van der Waals surface area contributed by atoms with Gasteiger partial charge in [-0.25, -0.2) is 8.42 Å². The second-order valence-corrected chi connectivity index (χ2v) is 7.49. The lowest BCUT2D eigenvalue weighted by Gasteiger charge is -2.20. The van der Waals surface area contributed by atoms with Gasteiger partial charge >= 0.3 is 5.97 Å². The monoisotopic (exact) mass is 392 g/mol. The predicted molar refractivity (Wildman–Crippen MR) is 83.9 cm³/mol. The second kappa shape index (κ2) is 7.21. The van der Waals surface area contributed by atoms with Crippen LogP contribution in [0.2, 0.25) is 0 Å². The molecule has 0 aliphatic carbocycles. The largest absolute Gasteiger partial charge is 0.480 e. The summed E-state index contributed by atoms with van der Waals surface area (Å²) in [5.41, 5.74) is 5.15. The number of aliphatic carboxylic acids is 1. The molecule has 0 aromatic heterocycles. The Morgan fingerprint density at radius 1 is 1.36 bits per heavy atom. The lowest BCUT2D eigenvalue weighted by Crippen LogP contribution is -2.44.